The number of ketones is 1. The standard InChI is InChI=1S/C24H25NO7/c1-29-11-3-10-25-21(15-4-7-17(30-2)8-5-15)20(23(27)24(25)28)22(26)16-6-9-18-19(14-16)32-13-12-31-18/h4-9,14,21,26H,3,10-13H2,1-2H3/t21-/m0/s1. The van der Waals surface area contributed by atoms with Crippen molar-refractivity contribution in [1.29, 1.82) is 0 Å². The number of benzene rings is 2. The van der Waals surface area contributed by atoms with Crippen molar-refractivity contribution in [2.24, 2.45) is 0 Å². The average Bonchev–Trinajstić information content (AvgIpc) is 3.08. The third kappa shape index (κ3) is 4.01. The van der Waals surface area contributed by atoms with Crippen LogP contribution >= 0.6 is 0 Å². The summed E-state index contributed by atoms with van der Waals surface area (Å²) in [5.41, 5.74) is 1.11. The molecule has 0 aromatic heterocycles. The molecular formula is C24H25NO7. The Bertz CT molecular complexity index is 1040. The Balaban J connectivity index is 1.79. The maximum atomic E-state index is 13.0. The fourth-order valence-electron chi connectivity index (χ4n) is 3.97. The molecule has 1 fully saturated rings. The molecule has 0 saturated carbocycles. The van der Waals surface area contributed by atoms with Crippen LogP contribution in [0.25, 0.3) is 5.76 Å². The molecule has 8 heteroatoms. The Labute approximate surface area is 185 Å². The van der Waals surface area contributed by atoms with E-state index in [1.807, 2.05) is 0 Å². The number of ether oxygens (including phenoxy) is 4. The zero-order chi connectivity index (χ0) is 22.7. The highest BCUT2D eigenvalue weighted by Crippen LogP contribution is 2.41. The number of aliphatic hydroxyl groups excluding tert-OH is 1. The summed E-state index contributed by atoms with van der Waals surface area (Å²) in [5.74, 6) is 0.0686. The SMILES string of the molecule is COCCCN1C(=O)C(=O)C(=C(O)c2ccc3c(c2)OCCO3)[C@@H]1c1ccc(OC)cc1. The zero-order valence-electron chi connectivity index (χ0n) is 18.0. The van der Waals surface area contributed by atoms with Gasteiger partial charge >= 0.3 is 0 Å². The van der Waals surface area contributed by atoms with E-state index in [1.54, 1.807) is 56.7 Å². The van der Waals surface area contributed by atoms with Crippen LogP contribution in [0.1, 0.15) is 23.6 Å². The Morgan fingerprint density at radius 1 is 1.06 bits per heavy atom. The number of nitrogens with zero attached hydrogens (tertiary/aromatic N) is 1. The molecule has 2 heterocycles. The highest BCUT2D eigenvalue weighted by atomic mass is 16.6. The largest absolute Gasteiger partial charge is 0.507 e. The van der Waals surface area contributed by atoms with Crippen molar-refractivity contribution in [2.45, 2.75) is 12.5 Å². The van der Waals surface area contributed by atoms with Crippen molar-refractivity contribution < 1.29 is 33.6 Å². The van der Waals surface area contributed by atoms with Crippen LogP contribution in [0, 0.1) is 0 Å². The number of methoxy groups -OCH3 is 2. The van der Waals surface area contributed by atoms with Crippen molar-refractivity contribution in [2.75, 3.05) is 40.6 Å². The van der Waals surface area contributed by atoms with E-state index in [2.05, 4.69) is 0 Å². The zero-order valence-corrected chi connectivity index (χ0v) is 18.0. The summed E-state index contributed by atoms with van der Waals surface area (Å²) in [6.45, 7) is 1.60. The molecule has 0 aliphatic carbocycles. The molecule has 0 unspecified atom stereocenters. The summed E-state index contributed by atoms with van der Waals surface area (Å²) >= 11 is 0. The second-order valence-corrected chi connectivity index (χ2v) is 7.47. The number of rotatable bonds is 7. The number of amides is 1. The number of hydrogen-bond acceptors (Lipinski definition) is 7. The number of Topliss-reactive ketones (excluding diaryl/α,β-unsaturated/α-hetero) is 1. The molecule has 2 aliphatic heterocycles. The van der Waals surface area contributed by atoms with E-state index in [0.29, 0.717) is 61.2 Å². The molecule has 2 aromatic carbocycles. The van der Waals surface area contributed by atoms with E-state index >= 15 is 0 Å². The summed E-state index contributed by atoms with van der Waals surface area (Å²) in [6.07, 6.45) is 0.556. The van der Waals surface area contributed by atoms with Gasteiger partial charge in [-0.2, -0.15) is 0 Å². The molecule has 1 saturated heterocycles. The number of likely N-dealkylation sites (tertiary alicyclic amines) is 1. The van der Waals surface area contributed by atoms with E-state index in [4.69, 9.17) is 18.9 Å². The Morgan fingerprint density at radius 3 is 2.47 bits per heavy atom. The van der Waals surface area contributed by atoms with Gasteiger partial charge < -0.3 is 29.0 Å². The number of carbonyl (C=O) groups excluding carboxylic acids is 2. The Kier molecular flexibility index (Phi) is 6.32. The molecule has 8 nitrogen and oxygen atoms in total. The van der Waals surface area contributed by atoms with Gasteiger partial charge in [0.15, 0.2) is 11.5 Å². The maximum Gasteiger partial charge on any atom is 0.295 e. The van der Waals surface area contributed by atoms with Crippen LogP contribution in [-0.2, 0) is 14.3 Å². The van der Waals surface area contributed by atoms with Crippen LogP contribution in [0.2, 0.25) is 0 Å². The molecule has 2 aromatic rings. The summed E-state index contributed by atoms with van der Waals surface area (Å²) < 4.78 is 21.5. The van der Waals surface area contributed by atoms with Crippen molar-refractivity contribution in [1.82, 2.24) is 4.90 Å². The molecule has 1 atom stereocenters. The first-order valence-corrected chi connectivity index (χ1v) is 10.4. The van der Waals surface area contributed by atoms with Crippen molar-refractivity contribution in [3.63, 3.8) is 0 Å². The van der Waals surface area contributed by atoms with Gasteiger partial charge in [-0.3, -0.25) is 9.59 Å². The second kappa shape index (κ2) is 9.32. The lowest BCUT2D eigenvalue weighted by molar-refractivity contribution is -0.140. The summed E-state index contributed by atoms with van der Waals surface area (Å²) in [5, 5.41) is 11.2. The molecule has 168 valence electrons. The van der Waals surface area contributed by atoms with Crippen molar-refractivity contribution >= 4 is 17.4 Å². The highest BCUT2D eigenvalue weighted by molar-refractivity contribution is 6.46. The van der Waals surface area contributed by atoms with Crippen LogP contribution in [0.3, 0.4) is 0 Å². The van der Waals surface area contributed by atoms with Crippen LogP contribution in [0.5, 0.6) is 17.2 Å². The lowest BCUT2D eigenvalue weighted by Crippen LogP contribution is -2.31. The van der Waals surface area contributed by atoms with E-state index < -0.39 is 17.7 Å². The van der Waals surface area contributed by atoms with E-state index in [1.165, 1.54) is 4.90 Å². The lowest BCUT2D eigenvalue weighted by Gasteiger charge is -2.25. The van der Waals surface area contributed by atoms with Gasteiger partial charge in [0.05, 0.1) is 18.7 Å². The van der Waals surface area contributed by atoms with Gasteiger partial charge in [0, 0.05) is 25.8 Å². The van der Waals surface area contributed by atoms with Gasteiger partial charge in [-0.1, -0.05) is 12.1 Å². The third-order valence-corrected chi connectivity index (χ3v) is 5.53. The molecular weight excluding hydrogens is 414 g/mol. The summed E-state index contributed by atoms with van der Waals surface area (Å²) in [7, 11) is 3.14. The minimum absolute atomic E-state index is 0.0364. The minimum atomic E-state index is -0.731. The fraction of sp³-hybridized carbons (Fsp3) is 0.333. The van der Waals surface area contributed by atoms with Gasteiger partial charge in [0.25, 0.3) is 11.7 Å². The van der Waals surface area contributed by atoms with Gasteiger partial charge in [-0.25, -0.2) is 0 Å². The number of fused-ring (bicyclic) bond motifs is 1. The van der Waals surface area contributed by atoms with Crippen LogP contribution in [0.15, 0.2) is 48.0 Å². The monoisotopic (exact) mass is 439 g/mol. The van der Waals surface area contributed by atoms with Gasteiger partial charge in [0.2, 0.25) is 0 Å². The van der Waals surface area contributed by atoms with Crippen molar-refractivity contribution in [3.05, 3.63) is 59.2 Å². The van der Waals surface area contributed by atoms with E-state index in [-0.39, 0.29) is 11.3 Å². The molecule has 0 bridgehead atoms. The molecule has 1 N–H and O–H groups in total. The average molecular weight is 439 g/mol. The predicted molar refractivity (Wildman–Crippen MR) is 116 cm³/mol. The first-order chi connectivity index (χ1) is 15.5. The number of hydrogen-bond donors (Lipinski definition) is 1. The van der Waals surface area contributed by atoms with Crippen LogP contribution in [-0.4, -0.2) is 62.3 Å². The molecule has 0 radical (unpaired) electrons. The number of aliphatic hydroxyl groups is 1. The van der Waals surface area contributed by atoms with Gasteiger partial charge in [-0.15, -0.1) is 0 Å². The molecule has 32 heavy (non-hydrogen) atoms. The third-order valence-electron chi connectivity index (χ3n) is 5.53. The van der Waals surface area contributed by atoms with Crippen molar-refractivity contribution in [3.8, 4) is 17.2 Å². The van der Waals surface area contributed by atoms with Crippen LogP contribution < -0.4 is 14.2 Å². The van der Waals surface area contributed by atoms with Crippen LogP contribution in [0.4, 0.5) is 0 Å². The normalized spacial score (nSPS) is 19.3. The molecule has 4 rings (SSSR count). The fourth-order valence-corrected chi connectivity index (χ4v) is 3.97. The predicted octanol–water partition coefficient (Wildman–Crippen LogP) is 2.92. The Hall–Kier alpha value is -3.52. The second-order valence-electron chi connectivity index (χ2n) is 7.47. The molecule has 0 spiro atoms. The Morgan fingerprint density at radius 2 is 1.78 bits per heavy atom. The number of carbonyl (C=O) groups is 2. The molecule has 1 amide bonds. The van der Waals surface area contributed by atoms with Gasteiger partial charge in [0.1, 0.15) is 24.7 Å². The van der Waals surface area contributed by atoms with E-state index in [0.717, 1.165) is 0 Å². The van der Waals surface area contributed by atoms with E-state index in [9.17, 15) is 14.7 Å². The minimum Gasteiger partial charge on any atom is -0.507 e. The maximum absolute atomic E-state index is 13.0. The molecule has 2 aliphatic rings. The van der Waals surface area contributed by atoms with Gasteiger partial charge in [-0.05, 0) is 42.3 Å². The summed E-state index contributed by atoms with van der Waals surface area (Å²) in [6, 6.07) is 11.3. The smallest absolute Gasteiger partial charge is 0.295 e. The quantitative estimate of drug-likeness (QED) is 0.307. The highest BCUT2D eigenvalue weighted by Gasteiger charge is 2.45. The lowest BCUT2D eigenvalue weighted by atomic mass is 9.95. The topological polar surface area (TPSA) is 94.5 Å². The summed E-state index contributed by atoms with van der Waals surface area (Å²) in [4.78, 5) is 27.4. The first-order valence-electron chi connectivity index (χ1n) is 10.4. The first kappa shape index (κ1) is 21.7.